The van der Waals surface area contributed by atoms with E-state index in [-0.39, 0.29) is 0 Å². The van der Waals surface area contributed by atoms with Crippen LogP contribution in [-0.4, -0.2) is 17.7 Å². The SMILES string of the molecule is Oc1ccc2c(c1)N(C1CCC1)CC2. The van der Waals surface area contributed by atoms with Crippen LogP contribution in [0.1, 0.15) is 24.8 Å². The number of nitrogens with zero attached hydrogens (tertiary/aromatic N) is 1. The van der Waals surface area contributed by atoms with Crippen LogP contribution in [0.4, 0.5) is 5.69 Å². The Bertz CT molecular complexity index is 357. The number of hydrogen-bond donors (Lipinski definition) is 1. The number of anilines is 1. The predicted molar refractivity (Wildman–Crippen MR) is 56.8 cm³/mol. The fraction of sp³-hybridized carbons (Fsp3) is 0.500. The maximum absolute atomic E-state index is 9.46. The Kier molecular flexibility index (Phi) is 1.69. The first-order valence-corrected chi connectivity index (χ1v) is 5.43. The predicted octanol–water partition coefficient (Wildman–Crippen LogP) is 2.31. The van der Waals surface area contributed by atoms with Gasteiger partial charge in [0.2, 0.25) is 0 Å². The Morgan fingerprint density at radius 2 is 2.14 bits per heavy atom. The number of aromatic hydroxyl groups is 1. The van der Waals surface area contributed by atoms with Crippen LogP contribution in [0.25, 0.3) is 0 Å². The molecule has 14 heavy (non-hydrogen) atoms. The van der Waals surface area contributed by atoms with Gasteiger partial charge in [-0.2, -0.15) is 0 Å². The molecule has 0 saturated heterocycles. The highest BCUT2D eigenvalue weighted by Crippen LogP contribution is 2.37. The summed E-state index contributed by atoms with van der Waals surface area (Å²) in [5.74, 6) is 0.398. The molecule has 2 aliphatic rings. The van der Waals surface area contributed by atoms with E-state index in [4.69, 9.17) is 0 Å². The molecular formula is C12H15NO. The summed E-state index contributed by atoms with van der Waals surface area (Å²) in [5, 5.41) is 9.46. The van der Waals surface area contributed by atoms with Crippen molar-refractivity contribution in [3.63, 3.8) is 0 Å². The van der Waals surface area contributed by atoms with E-state index in [0.717, 1.165) is 19.0 Å². The number of rotatable bonds is 1. The van der Waals surface area contributed by atoms with Gasteiger partial charge in [-0.05, 0) is 37.3 Å². The number of benzene rings is 1. The number of phenolic OH excluding ortho intramolecular Hbond substituents is 1. The van der Waals surface area contributed by atoms with Crippen molar-refractivity contribution in [3.05, 3.63) is 23.8 Å². The molecule has 1 aliphatic heterocycles. The van der Waals surface area contributed by atoms with Gasteiger partial charge in [0.1, 0.15) is 5.75 Å². The van der Waals surface area contributed by atoms with Crippen LogP contribution in [0.15, 0.2) is 18.2 Å². The maximum atomic E-state index is 9.46. The fourth-order valence-corrected chi connectivity index (χ4v) is 2.47. The lowest BCUT2D eigenvalue weighted by Gasteiger charge is -2.36. The van der Waals surface area contributed by atoms with E-state index in [9.17, 15) is 5.11 Å². The largest absolute Gasteiger partial charge is 0.508 e. The summed E-state index contributed by atoms with van der Waals surface area (Å²) < 4.78 is 0. The molecule has 1 saturated carbocycles. The summed E-state index contributed by atoms with van der Waals surface area (Å²) in [6.45, 7) is 1.14. The first-order chi connectivity index (χ1) is 6.84. The van der Waals surface area contributed by atoms with E-state index in [1.54, 1.807) is 6.07 Å². The van der Waals surface area contributed by atoms with Gasteiger partial charge in [-0.15, -0.1) is 0 Å². The van der Waals surface area contributed by atoms with Crippen molar-refractivity contribution < 1.29 is 5.11 Å². The third-order valence-corrected chi connectivity index (χ3v) is 3.52. The summed E-state index contributed by atoms with van der Waals surface area (Å²) in [5.41, 5.74) is 2.67. The average molecular weight is 189 g/mol. The van der Waals surface area contributed by atoms with Gasteiger partial charge in [-0.1, -0.05) is 6.07 Å². The fourth-order valence-electron chi connectivity index (χ4n) is 2.47. The van der Waals surface area contributed by atoms with Crippen LogP contribution in [-0.2, 0) is 6.42 Å². The number of hydrogen-bond acceptors (Lipinski definition) is 2. The molecule has 0 aromatic heterocycles. The van der Waals surface area contributed by atoms with Crippen molar-refractivity contribution in [2.75, 3.05) is 11.4 Å². The number of fused-ring (bicyclic) bond motifs is 1. The minimum atomic E-state index is 0.398. The average Bonchev–Trinajstić information content (AvgIpc) is 2.46. The zero-order valence-electron chi connectivity index (χ0n) is 8.24. The third-order valence-electron chi connectivity index (χ3n) is 3.52. The normalized spacial score (nSPS) is 20.7. The third kappa shape index (κ3) is 1.10. The smallest absolute Gasteiger partial charge is 0.117 e. The van der Waals surface area contributed by atoms with Gasteiger partial charge >= 0.3 is 0 Å². The Morgan fingerprint density at radius 1 is 1.29 bits per heavy atom. The van der Waals surface area contributed by atoms with Crippen molar-refractivity contribution in [1.82, 2.24) is 0 Å². The van der Waals surface area contributed by atoms with E-state index in [2.05, 4.69) is 11.0 Å². The van der Waals surface area contributed by atoms with E-state index in [1.165, 1.54) is 30.5 Å². The Hall–Kier alpha value is -1.18. The molecule has 0 amide bonds. The molecule has 2 nitrogen and oxygen atoms in total. The lowest BCUT2D eigenvalue weighted by Crippen LogP contribution is -2.38. The Labute approximate surface area is 84.2 Å². The van der Waals surface area contributed by atoms with Crippen molar-refractivity contribution in [2.24, 2.45) is 0 Å². The first kappa shape index (κ1) is 8.16. The molecule has 1 aliphatic carbocycles. The summed E-state index contributed by atoms with van der Waals surface area (Å²) in [4.78, 5) is 2.47. The second kappa shape index (κ2) is 2.91. The van der Waals surface area contributed by atoms with E-state index in [1.807, 2.05) is 6.07 Å². The van der Waals surface area contributed by atoms with Crippen molar-refractivity contribution in [3.8, 4) is 5.75 Å². The molecule has 1 aromatic carbocycles. The minimum absolute atomic E-state index is 0.398. The molecule has 1 N–H and O–H groups in total. The first-order valence-electron chi connectivity index (χ1n) is 5.43. The van der Waals surface area contributed by atoms with E-state index in [0.29, 0.717) is 5.75 Å². The van der Waals surface area contributed by atoms with Crippen molar-refractivity contribution in [2.45, 2.75) is 31.7 Å². The number of phenols is 1. The van der Waals surface area contributed by atoms with Crippen LogP contribution >= 0.6 is 0 Å². The van der Waals surface area contributed by atoms with E-state index >= 15 is 0 Å². The molecule has 0 spiro atoms. The quantitative estimate of drug-likeness (QED) is 0.732. The topological polar surface area (TPSA) is 23.5 Å². The molecule has 74 valence electrons. The van der Waals surface area contributed by atoms with Crippen molar-refractivity contribution in [1.29, 1.82) is 0 Å². The van der Waals surface area contributed by atoms with Crippen LogP contribution in [0, 0.1) is 0 Å². The molecule has 0 radical (unpaired) electrons. The molecule has 0 unspecified atom stereocenters. The summed E-state index contributed by atoms with van der Waals surface area (Å²) in [7, 11) is 0. The lowest BCUT2D eigenvalue weighted by atomic mass is 9.91. The molecule has 2 heteroatoms. The Morgan fingerprint density at radius 3 is 2.86 bits per heavy atom. The van der Waals surface area contributed by atoms with Gasteiger partial charge < -0.3 is 10.0 Å². The maximum Gasteiger partial charge on any atom is 0.117 e. The standard InChI is InChI=1S/C12H15NO/c14-11-5-4-9-6-7-13(12(9)8-11)10-2-1-3-10/h4-5,8,10,14H,1-3,6-7H2. The highest BCUT2D eigenvalue weighted by molar-refractivity contribution is 5.61. The highest BCUT2D eigenvalue weighted by Gasteiger charge is 2.29. The van der Waals surface area contributed by atoms with Crippen LogP contribution < -0.4 is 4.90 Å². The molecule has 0 bridgehead atoms. The summed E-state index contributed by atoms with van der Waals surface area (Å²) >= 11 is 0. The second-order valence-electron chi connectivity index (χ2n) is 4.34. The van der Waals surface area contributed by atoms with Gasteiger partial charge in [0.25, 0.3) is 0 Å². The molecule has 1 heterocycles. The summed E-state index contributed by atoms with van der Waals surface area (Å²) in [6.07, 6.45) is 5.17. The second-order valence-corrected chi connectivity index (χ2v) is 4.34. The van der Waals surface area contributed by atoms with Gasteiger partial charge in [0.05, 0.1) is 0 Å². The monoisotopic (exact) mass is 189 g/mol. The molecular weight excluding hydrogens is 174 g/mol. The summed E-state index contributed by atoms with van der Waals surface area (Å²) in [6, 6.07) is 6.52. The molecule has 1 fully saturated rings. The molecule has 3 rings (SSSR count). The van der Waals surface area contributed by atoms with E-state index < -0.39 is 0 Å². The van der Waals surface area contributed by atoms with Crippen LogP contribution in [0.3, 0.4) is 0 Å². The highest BCUT2D eigenvalue weighted by atomic mass is 16.3. The van der Waals surface area contributed by atoms with Gasteiger partial charge in [-0.25, -0.2) is 0 Å². The van der Waals surface area contributed by atoms with Crippen molar-refractivity contribution >= 4 is 5.69 Å². The minimum Gasteiger partial charge on any atom is -0.508 e. The van der Waals surface area contributed by atoms with Crippen LogP contribution in [0.2, 0.25) is 0 Å². The van der Waals surface area contributed by atoms with Gasteiger partial charge in [-0.3, -0.25) is 0 Å². The van der Waals surface area contributed by atoms with Crippen LogP contribution in [0.5, 0.6) is 5.75 Å². The van der Waals surface area contributed by atoms with Gasteiger partial charge in [0.15, 0.2) is 0 Å². The lowest BCUT2D eigenvalue weighted by molar-refractivity contribution is 0.392. The molecule has 1 aromatic rings. The zero-order valence-corrected chi connectivity index (χ0v) is 8.24. The molecule has 0 atom stereocenters. The van der Waals surface area contributed by atoms with Gasteiger partial charge in [0, 0.05) is 24.3 Å². The zero-order chi connectivity index (χ0) is 9.54. The Balaban J connectivity index is 1.95.